The Morgan fingerprint density at radius 1 is 0.420 bits per heavy atom. The highest BCUT2D eigenvalue weighted by Crippen LogP contribution is 2.35. The van der Waals surface area contributed by atoms with Gasteiger partial charge in [0.05, 0.1) is 48.5 Å². The number of rotatable bonds is 35. The number of sulfonamides is 3. The highest BCUT2D eigenvalue weighted by atomic mass is 35.5. The van der Waals surface area contributed by atoms with E-state index < -0.39 is 30.1 Å². The van der Waals surface area contributed by atoms with Gasteiger partial charge < -0.3 is 42.6 Å². The molecule has 9 N–H and O–H groups in total. The predicted octanol–water partition coefficient (Wildman–Crippen LogP) is 15.3. The standard InChI is InChI=1S/C32H41N3O5S.C32H35N3O3S.C31H32ClN3O3S/c1-39-30-9-5-3-7-27(30)19-20-35(23-32(36)34-22-25-13-11-24(21-33)12-14-25)41(37,38)28-17-15-26(16-18-28)29-8-4-6-10-31(29)40-2;1-24-9-6-7-14-31(24)29-15-17-30(18-16-29)39(37,38)35(22-25(2)28-12-4-3-5-13-28)23-32(36)34-21-27-11-8-10-26(19-27)20-33;1-23(26-7-3-2-4-8-26)21-35(22-31(36)34-20-25-13-11-24(19-33)12-14-25)39(37,38)28-17-15-27(16-18-28)29-9-5-6-10-30(29)32/h3-10,15-18,24-25H,11-14,19-23,33H2,1-2H3,(H,34,36);3-19,25H,20-23,33H2,1-2H3,(H,34,36);2-18,23H,19-22,33H2,1H3,(H,34,36)/t;25-;23-/m.00/s1. The summed E-state index contributed by atoms with van der Waals surface area (Å²) in [5.74, 6) is 1.05. The summed E-state index contributed by atoms with van der Waals surface area (Å²) in [4.78, 5) is 39.4. The first-order valence-electron chi connectivity index (χ1n) is 39.9. The smallest absolute Gasteiger partial charge is 0.243 e. The SMILES string of the molecule is COc1ccccc1CCN(CC(=O)NCC1CCC(CN)CC1)S(=O)(=O)c1ccc(-c2ccccc2OC)cc1.C[C@@H](CN(CC(=O)NCc1ccc(CN)cc1)S(=O)(=O)c1ccc(-c2ccccc2Cl)cc1)c1ccccc1.Cc1ccccc1-c1ccc(S(=O)(=O)N(CC(=O)NCc2cccc(CN)c2)C[C@H](C)c2ccccc2)cc1. The molecule has 0 aliphatic heterocycles. The lowest BCUT2D eigenvalue weighted by Gasteiger charge is -2.28. The lowest BCUT2D eigenvalue weighted by atomic mass is 9.82. The van der Waals surface area contributed by atoms with Crippen LogP contribution in [-0.2, 0) is 77.1 Å². The van der Waals surface area contributed by atoms with E-state index in [2.05, 4.69) is 16.0 Å². The summed E-state index contributed by atoms with van der Waals surface area (Å²) in [6, 6.07) is 85.3. The molecule has 0 heterocycles. The predicted molar refractivity (Wildman–Crippen MR) is 474 cm³/mol. The van der Waals surface area contributed by atoms with Crippen LogP contribution >= 0.6 is 11.6 Å². The van der Waals surface area contributed by atoms with Crippen LogP contribution in [0.2, 0.25) is 5.02 Å². The summed E-state index contributed by atoms with van der Waals surface area (Å²) in [5, 5.41) is 9.29. The molecule has 1 fully saturated rings. The van der Waals surface area contributed by atoms with Crippen LogP contribution in [0.25, 0.3) is 33.4 Å². The van der Waals surface area contributed by atoms with Crippen LogP contribution in [0.1, 0.15) is 95.9 Å². The largest absolute Gasteiger partial charge is 0.496 e. The van der Waals surface area contributed by atoms with Crippen LogP contribution < -0.4 is 42.6 Å². The molecule has 1 aliphatic rings. The number of nitrogens with one attached hydrogen (secondary N) is 3. The normalized spacial score (nSPS) is 14.0. The number of hydrogen-bond donors (Lipinski definition) is 6. The van der Waals surface area contributed by atoms with Gasteiger partial charge in [-0.3, -0.25) is 14.4 Å². The minimum Gasteiger partial charge on any atom is -0.496 e. The van der Waals surface area contributed by atoms with E-state index in [1.807, 2.05) is 233 Å². The van der Waals surface area contributed by atoms with Gasteiger partial charge in [-0.15, -0.1) is 0 Å². The van der Waals surface area contributed by atoms with Gasteiger partial charge in [-0.25, -0.2) is 25.3 Å². The van der Waals surface area contributed by atoms with Gasteiger partial charge in [-0.2, -0.15) is 12.9 Å². The summed E-state index contributed by atoms with van der Waals surface area (Å²) in [6.07, 6.45) is 4.59. The molecule has 11 aromatic rings. The van der Waals surface area contributed by atoms with Gasteiger partial charge in [0.1, 0.15) is 11.5 Å². The quantitative estimate of drug-likeness (QED) is 0.0215. The third-order valence-electron chi connectivity index (χ3n) is 21.4. The van der Waals surface area contributed by atoms with E-state index in [-0.39, 0.29) is 83.5 Å². The second-order valence-corrected chi connectivity index (χ2v) is 35.9. The number of aryl methyl sites for hydroxylation is 1. The molecular formula is C95H108ClN9O11S3. The van der Waals surface area contributed by atoms with Crippen molar-refractivity contribution in [1.29, 1.82) is 0 Å². The zero-order valence-corrected chi connectivity index (χ0v) is 71.3. The lowest BCUT2D eigenvalue weighted by Crippen LogP contribution is -2.43. The number of ether oxygens (including phenoxy) is 2. The van der Waals surface area contributed by atoms with Crippen molar-refractivity contribution in [3.63, 3.8) is 0 Å². The van der Waals surface area contributed by atoms with Gasteiger partial charge in [0.25, 0.3) is 0 Å². The number of carbonyl (C=O) groups is 3. The molecule has 0 unspecified atom stereocenters. The molecule has 0 spiro atoms. The summed E-state index contributed by atoms with van der Waals surface area (Å²) < 4.78 is 97.7. The Hall–Kier alpha value is -10.7. The van der Waals surface area contributed by atoms with Crippen molar-refractivity contribution in [2.24, 2.45) is 29.0 Å². The molecule has 624 valence electrons. The number of amides is 3. The fourth-order valence-electron chi connectivity index (χ4n) is 14.3. The molecule has 1 saturated carbocycles. The van der Waals surface area contributed by atoms with Gasteiger partial charge in [-0.1, -0.05) is 250 Å². The van der Waals surface area contributed by atoms with Gasteiger partial charge in [0.2, 0.25) is 47.8 Å². The Morgan fingerprint density at radius 2 is 0.824 bits per heavy atom. The first-order valence-corrected chi connectivity index (χ1v) is 44.6. The highest BCUT2D eigenvalue weighted by molar-refractivity contribution is 7.89. The molecule has 12 rings (SSSR count). The van der Waals surface area contributed by atoms with E-state index in [0.717, 1.165) is 104 Å². The molecule has 0 bridgehead atoms. The van der Waals surface area contributed by atoms with Gasteiger partial charge in [0.15, 0.2) is 0 Å². The molecule has 3 amide bonds. The number of halogens is 1. The number of nitrogens with two attached hydrogens (primary N) is 3. The van der Waals surface area contributed by atoms with Gasteiger partial charge in [0, 0.05) is 68.5 Å². The van der Waals surface area contributed by atoms with Crippen molar-refractivity contribution in [1.82, 2.24) is 28.9 Å². The van der Waals surface area contributed by atoms with Crippen LogP contribution in [0.5, 0.6) is 11.5 Å². The van der Waals surface area contributed by atoms with Crippen LogP contribution in [0.15, 0.2) is 294 Å². The second-order valence-electron chi connectivity index (χ2n) is 29.7. The number of benzene rings is 11. The molecule has 24 heteroatoms. The maximum atomic E-state index is 13.9. The zero-order valence-electron chi connectivity index (χ0n) is 68.1. The third kappa shape index (κ3) is 25.7. The van der Waals surface area contributed by atoms with E-state index in [0.29, 0.717) is 74.0 Å². The average molecular weight is 1680 g/mol. The average Bonchev–Trinajstić information content (AvgIpc) is 0.802. The number of hydrogen-bond acceptors (Lipinski definition) is 14. The minimum absolute atomic E-state index is 0.110. The van der Waals surface area contributed by atoms with Crippen molar-refractivity contribution in [3.8, 4) is 44.9 Å². The first-order chi connectivity index (χ1) is 57.4. The number of carbonyl (C=O) groups excluding carboxylic acids is 3. The molecule has 0 saturated heterocycles. The Morgan fingerprint density at radius 3 is 1.33 bits per heavy atom. The summed E-state index contributed by atoms with van der Waals surface area (Å²) >= 11 is 6.32. The summed E-state index contributed by atoms with van der Waals surface area (Å²) in [5.41, 5.74) is 30.3. The Bertz CT molecular complexity index is 5460. The van der Waals surface area contributed by atoms with Crippen molar-refractivity contribution >= 4 is 59.4 Å². The molecule has 20 nitrogen and oxygen atoms in total. The van der Waals surface area contributed by atoms with E-state index in [9.17, 15) is 39.6 Å². The molecule has 2 atom stereocenters. The van der Waals surface area contributed by atoms with Gasteiger partial charge >= 0.3 is 0 Å². The number of methoxy groups -OCH3 is 2. The first kappa shape index (κ1) is 90.7. The monoisotopic (exact) mass is 1680 g/mol. The van der Waals surface area contributed by atoms with Crippen molar-refractivity contribution < 1.29 is 49.1 Å². The van der Waals surface area contributed by atoms with E-state index in [1.54, 1.807) is 80.9 Å². The minimum atomic E-state index is -3.97. The summed E-state index contributed by atoms with van der Waals surface area (Å²) in [6.45, 7) is 8.24. The van der Waals surface area contributed by atoms with E-state index in [1.165, 1.54) is 12.9 Å². The molecule has 0 radical (unpaired) electrons. The molecular weight excluding hydrogens is 1570 g/mol. The van der Waals surface area contributed by atoms with E-state index >= 15 is 0 Å². The molecule has 0 aromatic heterocycles. The Balaban J connectivity index is 0.000000188. The fourth-order valence-corrected chi connectivity index (χ4v) is 18.9. The second kappa shape index (κ2) is 44.4. The number of nitrogens with zero attached hydrogens (tertiary/aromatic N) is 3. The van der Waals surface area contributed by atoms with Crippen molar-refractivity contribution in [2.45, 2.75) is 106 Å². The van der Waals surface area contributed by atoms with Crippen LogP contribution in [0.4, 0.5) is 0 Å². The molecule has 1 aliphatic carbocycles. The van der Waals surface area contributed by atoms with E-state index in [4.69, 9.17) is 38.3 Å². The van der Waals surface area contributed by atoms with Gasteiger partial charge in [-0.05, 0) is 191 Å². The summed E-state index contributed by atoms with van der Waals surface area (Å²) in [7, 11) is -8.70. The zero-order chi connectivity index (χ0) is 84.9. The van der Waals surface area contributed by atoms with Crippen molar-refractivity contribution in [2.75, 3.05) is 66.6 Å². The third-order valence-corrected chi connectivity index (χ3v) is 27.2. The highest BCUT2D eigenvalue weighted by Gasteiger charge is 2.33. The Labute approximate surface area is 707 Å². The van der Waals surface area contributed by atoms with Crippen LogP contribution in [-0.4, -0.2) is 122 Å². The maximum absolute atomic E-state index is 13.9. The van der Waals surface area contributed by atoms with Crippen molar-refractivity contribution in [3.05, 3.63) is 329 Å². The van der Waals surface area contributed by atoms with Crippen LogP contribution in [0.3, 0.4) is 0 Å². The maximum Gasteiger partial charge on any atom is 0.243 e. The Kier molecular flexibility index (Phi) is 33.8. The fraction of sp³-hybridized carbons (Fsp3) is 0.274. The topological polar surface area (TPSA) is 296 Å². The lowest BCUT2D eigenvalue weighted by molar-refractivity contribution is -0.122. The molecule has 119 heavy (non-hydrogen) atoms. The molecule has 11 aromatic carbocycles. The van der Waals surface area contributed by atoms with Crippen LogP contribution in [0, 0.1) is 18.8 Å². The number of para-hydroxylation sites is 2.